The molecule has 0 spiro atoms. The van der Waals surface area contributed by atoms with Gasteiger partial charge in [0.1, 0.15) is 4.34 Å². The predicted molar refractivity (Wildman–Crippen MR) is 107 cm³/mol. The molecule has 3 aromatic rings. The van der Waals surface area contributed by atoms with E-state index in [0.717, 1.165) is 27.0 Å². The van der Waals surface area contributed by atoms with Crippen LogP contribution in [0, 0.1) is 20.8 Å². The number of hydrogen-bond acceptors (Lipinski definition) is 4. The van der Waals surface area contributed by atoms with Gasteiger partial charge in [0.2, 0.25) is 0 Å². The van der Waals surface area contributed by atoms with Gasteiger partial charge >= 0.3 is 0 Å². The number of hydrogen-bond donors (Lipinski definition) is 1. The molecule has 3 nitrogen and oxygen atoms in total. The van der Waals surface area contributed by atoms with Gasteiger partial charge in [-0.1, -0.05) is 41.6 Å². The minimum Gasteiger partial charge on any atom is -0.322 e. The Balaban J connectivity index is 1.62. The highest BCUT2D eigenvalue weighted by Gasteiger charge is 2.08. The fourth-order valence-electron chi connectivity index (χ4n) is 2.44. The molecule has 0 radical (unpaired) electrons. The lowest BCUT2D eigenvalue weighted by Gasteiger charge is -2.09. The molecule has 128 valence electrons. The number of nitrogens with zero attached hydrogens (tertiary/aromatic N) is 1. The van der Waals surface area contributed by atoms with Crippen molar-refractivity contribution >= 4 is 34.7 Å². The summed E-state index contributed by atoms with van der Waals surface area (Å²) in [6.07, 6.45) is 0. The maximum Gasteiger partial charge on any atom is 0.255 e. The van der Waals surface area contributed by atoms with Crippen molar-refractivity contribution in [3.05, 3.63) is 75.8 Å². The minimum atomic E-state index is -0.0818. The first-order valence-corrected chi connectivity index (χ1v) is 9.90. The smallest absolute Gasteiger partial charge is 0.255 e. The monoisotopic (exact) mass is 368 g/mol. The summed E-state index contributed by atoms with van der Waals surface area (Å²) in [4.78, 5) is 16.9. The van der Waals surface area contributed by atoms with E-state index in [2.05, 4.69) is 21.7 Å². The van der Waals surface area contributed by atoms with Crippen LogP contribution in [0.25, 0.3) is 0 Å². The van der Waals surface area contributed by atoms with Gasteiger partial charge in [-0.2, -0.15) is 0 Å². The summed E-state index contributed by atoms with van der Waals surface area (Å²) in [5.74, 6) is 0.771. The van der Waals surface area contributed by atoms with Gasteiger partial charge in [0.25, 0.3) is 5.91 Å². The zero-order valence-corrected chi connectivity index (χ0v) is 16.1. The summed E-state index contributed by atoms with van der Waals surface area (Å²) < 4.78 is 1.08. The van der Waals surface area contributed by atoms with Gasteiger partial charge in [0, 0.05) is 28.1 Å². The van der Waals surface area contributed by atoms with Crippen LogP contribution in [0.5, 0.6) is 0 Å². The van der Waals surface area contributed by atoms with Gasteiger partial charge in [-0.25, -0.2) is 4.98 Å². The van der Waals surface area contributed by atoms with Crippen LogP contribution < -0.4 is 5.32 Å². The number of carbonyl (C=O) groups excluding carboxylic acids is 1. The third-order valence-electron chi connectivity index (χ3n) is 3.81. The molecule has 2 aromatic carbocycles. The van der Waals surface area contributed by atoms with E-state index in [1.807, 2.05) is 57.2 Å². The lowest BCUT2D eigenvalue weighted by molar-refractivity contribution is 0.102. The molecule has 1 N–H and O–H groups in total. The average Bonchev–Trinajstić information content (AvgIpc) is 3.01. The van der Waals surface area contributed by atoms with E-state index in [4.69, 9.17) is 0 Å². The Hall–Kier alpha value is -2.11. The van der Waals surface area contributed by atoms with Crippen LogP contribution in [-0.4, -0.2) is 10.9 Å². The maximum absolute atomic E-state index is 12.4. The Morgan fingerprint density at radius 1 is 1.12 bits per heavy atom. The first kappa shape index (κ1) is 17.7. The Bertz CT molecular complexity index is 885. The van der Waals surface area contributed by atoms with E-state index in [9.17, 15) is 4.79 Å². The number of anilines is 1. The van der Waals surface area contributed by atoms with Crippen molar-refractivity contribution in [3.8, 4) is 0 Å². The summed E-state index contributed by atoms with van der Waals surface area (Å²) >= 11 is 3.39. The number of carbonyl (C=O) groups is 1. The highest BCUT2D eigenvalue weighted by Crippen LogP contribution is 2.26. The molecule has 1 aromatic heterocycles. The summed E-state index contributed by atoms with van der Waals surface area (Å²) in [6, 6.07) is 13.8. The molecular formula is C20H20N2OS2. The van der Waals surface area contributed by atoms with E-state index in [0.29, 0.717) is 5.56 Å². The van der Waals surface area contributed by atoms with Crippen LogP contribution in [0.15, 0.2) is 52.2 Å². The van der Waals surface area contributed by atoms with E-state index in [1.54, 1.807) is 23.1 Å². The first-order valence-electron chi connectivity index (χ1n) is 8.04. The third kappa shape index (κ3) is 4.71. The number of rotatable bonds is 5. The molecule has 25 heavy (non-hydrogen) atoms. The van der Waals surface area contributed by atoms with Crippen molar-refractivity contribution < 1.29 is 4.79 Å². The van der Waals surface area contributed by atoms with Gasteiger partial charge in [-0.15, -0.1) is 11.3 Å². The van der Waals surface area contributed by atoms with Crippen molar-refractivity contribution in [2.45, 2.75) is 30.9 Å². The molecule has 0 bridgehead atoms. The standard InChI is InChI=1S/C20H20N2OS2/c1-13-4-9-18(14(2)10-13)22-19(23)17-7-5-16(6-8-17)12-25-20-21-15(3)11-24-20/h4-11H,12H2,1-3H3,(H,22,23). The first-order chi connectivity index (χ1) is 12.0. The number of amides is 1. The Morgan fingerprint density at radius 2 is 1.88 bits per heavy atom. The molecule has 5 heteroatoms. The SMILES string of the molecule is Cc1ccc(NC(=O)c2ccc(CSc3nc(C)cs3)cc2)c(C)c1. The average molecular weight is 369 g/mol. The molecule has 0 aliphatic carbocycles. The molecule has 1 heterocycles. The number of aryl methyl sites for hydroxylation is 3. The van der Waals surface area contributed by atoms with Crippen LogP contribution in [-0.2, 0) is 5.75 Å². The van der Waals surface area contributed by atoms with Gasteiger partial charge in [-0.3, -0.25) is 4.79 Å². The fourth-order valence-corrected chi connectivity index (χ4v) is 4.25. The molecule has 1 amide bonds. The summed E-state index contributed by atoms with van der Waals surface area (Å²) in [5, 5.41) is 5.04. The molecule has 0 unspecified atom stereocenters. The zero-order chi connectivity index (χ0) is 17.8. The molecule has 0 fully saturated rings. The number of thioether (sulfide) groups is 1. The van der Waals surface area contributed by atoms with Crippen LogP contribution in [0.1, 0.15) is 32.7 Å². The number of benzene rings is 2. The van der Waals surface area contributed by atoms with Crippen LogP contribution >= 0.6 is 23.1 Å². The molecule has 3 rings (SSSR count). The second kappa shape index (κ2) is 7.85. The van der Waals surface area contributed by atoms with Gasteiger partial charge in [-0.05, 0) is 50.1 Å². The largest absolute Gasteiger partial charge is 0.322 e. The van der Waals surface area contributed by atoms with Gasteiger partial charge < -0.3 is 5.32 Å². The molecular weight excluding hydrogens is 348 g/mol. The van der Waals surface area contributed by atoms with Crippen molar-refractivity contribution in [2.24, 2.45) is 0 Å². The predicted octanol–water partition coefficient (Wildman–Crippen LogP) is 5.61. The zero-order valence-electron chi connectivity index (χ0n) is 14.5. The number of aromatic nitrogens is 1. The van der Waals surface area contributed by atoms with E-state index >= 15 is 0 Å². The summed E-state index contributed by atoms with van der Waals surface area (Å²) in [6.45, 7) is 6.05. The molecule has 0 aliphatic rings. The normalized spacial score (nSPS) is 10.7. The second-order valence-electron chi connectivity index (χ2n) is 6.01. The lowest BCUT2D eigenvalue weighted by Crippen LogP contribution is -2.12. The summed E-state index contributed by atoms with van der Waals surface area (Å²) in [7, 11) is 0. The quantitative estimate of drug-likeness (QED) is 0.595. The molecule has 0 saturated carbocycles. The van der Waals surface area contributed by atoms with Crippen LogP contribution in [0.3, 0.4) is 0 Å². The van der Waals surface area contributed by atoms with Crippen LogP contribution in [0.2, 0.25) is 0 Å². The highest BCUT2D eigenvalue weighted by atomic mass is 32.2. The topological polar surface area (TPSA) is 42.0 Å². The lowest BCUT2D eigenvalue weighted by atomic mass is 10.1. The van der Waals surface area contributed by atoms with Crippen molar-refractivity contribution in [2.75, 3.05) is 5.32 Å². The van der Waals surface area contributed by atoms with E-state index in [-0.39, 0.29) is 5.91 Å². The van der Waals surface area contributed by atoms with E-state index < -0.39 is 0 Å². The molecule has 0 aliphatic heterocycles. The fraction of sp³-hybridized carbons (Fsp3) is 0.200. The third-order valence-corrected chi connectivity index (χ3v) is 6.02. The van der Waals surface area contributed by atoms with Gasteiger partial charge in [0.15, 0.2) is 0 Å². The van der Waals surface area contributed by atoms with E-state index in [1.165, 1.54) is 11.1 Å². The Labute approximate surface area is 156 Å². The Morgan fingerprint density at radius 3 is 2.52 bits per heavy atom. The molecule has 0 atom stereocenters. The number of thiazole rings is 1. The van der Waals surface area contributed by atoms with Gasteiger partial charge in [0.05, 0.1) is 0 Å². The summed E-state index contributed by atoms with van der Waals surface area (Å²) in [5.41, 5.74) is 6.02. The molecule has 0 saturated heterocycles. The highest BCUT2D eigenvalue weighted by molar-refractivity contribution is 8.00. The minimum absolute atomic E-state index is 0.0818. The van der Waals surface area contributed by atoms with Crippen molar-refractivity contribution in [1.82, 2.24) is 4.98 Å². The Kier molecular flexibility index (Phi) is 5.56. The van der Waals surface area contributed by atoms with Crippen molar-refractivity contribution in [3.63, 3.8) is 0 Å². The maximum atomic E-state index is 12.4. The second-order valence-corrected chi connectivity index (χ2v) is 8.09. The number of nitrogens with one attached hydrogen (secondary N) is 1. The van der Waals surface area contributed by atoms with Crippen LogP contribution in [0.4, 0.5) is 5.69 Å². The van der Waals surface area contributed by atoms with Crippen molar-refractivity contribution in [1.29, 1.82) is 0 Å².